The van der Waals surface area contributed by atoms with E-state index >= 15 is 0 Å². The molecule has 0 aliphatic heterocycles. The largest absolute Gasteiger partial charge is 0.215 e. The van der Waals surface area contributed by atoms with Crippen LogP contribution in [0, 0.1) is 28.5 Å². The Hall–Kier alpha value is -1.45. The van der Waals surface area contributed by atoms with Gasteiger partial charge in [-0.2, -0.15) is 5.26 Å². The van der Waals surface area contributed by atoms with Crippen LogP contribution in [0.25, 0.3) is 0 Å². The molecule has 1 aromatic carbocycles. The molecule has 2 fully saturated rings. The van der Waals surface area contributed by atoms with Crippen molar-refractivity contribution < 1.29 is 12.8 Å². The van der Waals surface area contributed by atoms with Crippen molar-refractivity contribution in [3.8, 4) is 6.07 Å². The van der Waals surface area contributed by atoms with Crippen molar-refractivity contribution in [2.45, 2.75) is 37.9 Å². The molecule has 0 bridgehead atoms. The first kappa shape index (κ1) is 15.4. The molecule has 1 aromatic rings. The lowest BCUT2D eigenvalue weighted by Gasteiger charge is -2.42. The lowest BCUT2D eigenvalue weighted by atomic mass is 9.65. The fraction of sp³-hybridized carbons (Fsp3) is 0.562. The van der Waals surface area contributed by atoms with E-state index in [-0.39, 0.29) is 16.5 Å². The number of benzene rings is 1. The van der Waals surface area contributed by atoms with Crippen molar-refractivity contribution in [3.63, 3.8) is 0 Å². The van der Waals surface area contributed by atoms with Crippen LogP contribution in [0.2, 0.25) is 0 Å². The van der Waals surface area contributed by atoms with E-state index < -0.39 is 21.6 Å². The summed E-state index contributed by atoms with van der Waals surface area (Å²) in [5.74, 6) is -0.359. The van der Waals surface area contributed by atoms with Crippen molar-refractivity contribution in [2.24, 2.45) is 11.3 Å². The van der Waals surface area contributed by atoms with Crippen LogP contribution in [0.5, 0.6) is 0 Å². The summed E-state index contributed by atoms with van der Waals surface area (Å²) >= 11 is 0. The smallest absolute Gasteiger partial charge is 0.214 e. The lowest BCUT2D eigenvalue weighted by Crippen LogP contribution is -2.44. The second-order valence-corrected chi connectivity index (χ2v) is 8.30. The van der Waals surface area contributed by atoms with Crippen LogP contribution in [0.3, 0.4) is 0 Å². The molecule has 0 atom stereocenters. The Kier molecular flexibility index (Phi) is 3.96. The maximum absolute atomic E-state index is 13.7. The molecule has 0 unspecified atom stereocenters. The monoisotopic (exact) mass is 322 g/mol. The average molecular weight is 322 g/mol. The molecule has 0 spiro atoms. The topological polar surface area (TPSA) is 70.0 Å². The fourth-order valence-electron chi connectivity index (χ4n) is 3.32. The van der Waals surface area contributed by atoms with Gasteiger partial charge in [0.25, 0.3) is 0 Å². The Bertz CT molecular complexity index is 716. The first-order valence-electron chi connectivity index (χ1n) is 7.60. The van der Waals surface area contributed by atoms with Crippen molar-refractivity contribution in [1.29, 1.82) is 5.26 Å². The third kappa shape index (κ3) is 3.16. The van der Waals surface area contributed by atoms with Gasteiger partial charge in [-0.05, 0) is 55.2 Å². The zero-order valence-corrected chi connectivity index (χ0v) is 13.1. The SMILES string of the molecule is N#Cc1ccc(F)c(CS(=O)(=O)NCC2(C3CC3)CCC2)c1. The maximum Gasteiger partial charge on any atom is 0.215 e. The molecule has 118 valence electrons. The van der Waals surface area contributed by atoms with Gasteiger partial charge in [0.2, 0.25) is 10.0 Å². The molecule has 1 N–H and O–H groups in total. The maximum atomic E-state index is 13.7. The average Bonchev–Trinajstić information content (AvgIpc) is 3.25. The van der Waals surface area contributed by atoms with Crippen LogP contribution in [0.1, 0.15) is 43.2 Å². The molecule has 6 heteroatoms. The van der Waals surface area contributed by atoms with Gasteiger partial charge in [0.05, 0.1) is 17.4 Å². The van der Waals surface area contributed by atoms with Crippen molar-refractivity contribution in [3.05, 3.63) is 35.1 Å². The van der Waals surface area contributed by atoms with E-state index in [2.05, 4.69) is 4.72 Å². The minimum absolute atomic E-state index is 0.0423. The standard InChI is InChI=1S/C16H19FN2O2S/c17-15-5-2-12(9-18)8-13(15)10-22(20,21)19-11-16(6-1-7-16)14-3-4-14/h2,5,8,14,19H,1,3-4,6-7,10-11H2. The predicted octanol–water partition coefficient (Wildman–Crippen LogP) is 2.70. The Balaban J connectivity index is 1.67. The number of sulfonamides is 1. The van der Waals surface area contributed by atoms with Crippen LogP contribution in [-0.2, 0) is 15.8 Å². The van der Waals surface area contributed by atoms with Gasteiger partial charge in [-0.1, -0.05) is 6.42 Å². The van der Waals surface area contributed by atoms with Crippen LogP contribution >= 0.6 is 0 Å². The van der Waals surface area contributed by atoms with Gasteiger partial charge in [-0.15, -0.1) is 0 Å². The van der Waals surface area contributed by atoms with Crippen molar-refractivity contribution in [2.75, 3.05) is 6.54 Å². The highest BCUT2D eigenvalue weighted by Crippen LogP contribution is 2.56. The second-order valence-electron chi connectivity index (χ2n) is 6.49. The summed E-state index contributed by atoms with van der Waals surface area (Å²) in [6.45, 7) is 0.458. The van der Waals surface area contributed by atoms with E-state index in [9.17, 15) is 12.8 Å². The first-order chi connectivity index (χ1) is 10.4. The zero-order valence-electron chi connectivity index (χ0n) is 12.3. The van der Waals surface area contributed by atoms with Gasteiger partial charge in [-0.3, -0.25) is 0 Å². The zero-order chi connectivity index (χ0) is 15.8. The molecule has 0 aromatic heterocycles. The molecule has 2 saturated carbocycles. The van der Waals surface area contributed by atoms with E-state index in [1.807, 2.05) is 6.07 Å². The third-order valence-electron chi connectivity index (χ3n) is 4.96. The summed E-state index contributed by atoms with van der Waals surface area (Å²) in [4.78, 5) is 0. The van der Waals surface area contributed by atoms with Gasteiger partial charge in [0, 0.05) is 12.1 Å². The molecular formula is C16H19FN2O2S. The fourth-order valence-corrected chi connectivity index (χ4v) is 4.56. The minimum Gasteiger partial charge on any atom is -0.214 e. The van der Waals surface area contributed by atoms with Gasteiger partial charge < -0.3 is 0 Å². The molecule has 3 rings (SSSR count). The number of hydrogen-bond donors (Lipinski definition) is 1. The molecular weight excluding hydrogens is 303 g/mol. The summed E-state index contributed by atoms with van der Waals surface area (Å²) in [6.07, 6.45) is 5.72. The molecule has 0 radical (unpaired) electrons. The number of nitriles is 1. The minimum atomic E-state index is -3.60. The molecule has 0 amide bonds. The Morgan fingerprint density at radius 2 is 2.09 bits per heavy atom. The van der Waals surface area contributed by atoms with E-state index in [1.54, 1.807) is 0 Å². The molecule has 0 heterocycles. The quantitative estimate of drug-likeness (QED) is 0.875. The van der Waals surface area contributed by atoms with Crippen LogP contribution in [0.4, 0.5) is 4.39 Å². The van der Waals surface area contributed by atoms with Crippen LogP contribution in [0.15, 0.2) is 18.2 Å². The van der Waals surface area contributed by atoms with E-state index in [4.69, 9.17) is 5.26 Å². The number of nitrogens with zero attached hydrogens (tertiary/aromatic N) is 1. The normalized spacial score (nSPS) is 20.2. The molecule has 2 aliphatic rings. The molecule has 4 nitrogen and oxygen atoms in total. The Morgan fingerprint density at radius 3 is 2.64 bits per heavy atom. The van der Waals surface area contributed by atoms with Gasteiger partial charge in [0.15, 0.2) is 0 Å². The van der Waals surface area contributed by atoms with Gasteiger partial charge >= 0.3 is 0 Å². The first-order valence-corrected chi connectivity index (χ1v) is 9.25. The second kappa shape index (κ2) is 5.64. The number of nitrogens with one attached hydrogen (secondary N) is 1. The highest BCUT2D eigenvalue weighted by molar-refractivity contribution is 7.88. The van der Waals surface area contributed by atoms with Crippen molar-refractivity contribution in [1.82, 2.24) is 4.72 Å². The van der Waals surface area contributed by atoms with E-state index in [1.165, 1.54) is 25.0 Å². The lowest BCUT2D eigenvalue weighted by molar-refractivity contribution is 0.107. The summed E-state index contributed by atoms with van der Waals surface area (Å²) in [6, 6.07) is 5.68. The number of hydrogen-bond acceptors (Lipinski definition) is 3. The Morgan fingerprint density at radius 1 is 1.36 bits per heavy atom. The van der Waals surface area contributed by atoms with Gasteiger partial charge in [0.1, 0.15) is 5.82 Å². The summed E-state index contributed by atoms with van der Waals surface area (Å²) < 4.78 is 40.8. The highest BCUT2D eigenvalue weighted by atomic mass is 32.2. The summed E-state index contributed by atoms with van der Waals surface area (Å²) in [7, 11) is -3.60. The van der Waals surface area contributed by atoms with Gasteiger partial charge in [-0.25, -0.2) is 17.5 Å². The van der Waals surface area contributed by atoms with Crippen LogP contribution < -0.4 is 4.72 Å². The summed E-state index contributed by atoms with van der Waals surface area (Å²) in [5, 5.41) is 8.83. The van der Waals surface area contributed by atoms with Crippen molar-refractivity contribution >= 4 is 10.0 Å². The number of rotatable bonds is 6. The van der Waals surface area contributed by atoms with Crippen LogP contribution in [-0.4, -0.2) is 15.0 Å². The molecule has 22 heavy (non-hydrogen) atoms. The van der Waals surface area contributed by atoms with E-state index in [0.717, 1.165) is 25.3 Å². The third-order valence-corrected chi connectivity index (χ3v) is 6.23. The molecule has 2 aliphatic carbocycles. The number of halogens is 1. The summed E-state index contributed by atoms with van der Waals surface area (Å²) in [5.41, 5.74) is 0.445. The Labute approximate surface area is 130 Å². The molecule has 0 saturated heterocycles. The highest BCUT2D eigenvalue weighted by Gasteiger charge is 2.49. The predicted molar refractivity (Wildman–Crippen MR) is 80.7 cm³/mol. The van der Waals surface area contributed by atoms with E-state index in [0.29, 0.717) is 12.5 Å².